The van der Waals surface area contributed by atoms with Crippen molar-refractivity contribution in [2.45, 2.75) is 45.8 Å². The highest BCUT2D eigenvalue weighted by molar-refractivity contribution is 7.92. The number of hydrogen-bond acceptors (Lipinski definition) is 4. The van der Waals surface area contributed by atoms with Crippen LogP contribution < -0.4 is 14.4 Å². The Morgan fingerprint density at radius 1 is 1.22 bits per heavy atom. The predicted molar refractivity (Wildman–Crippen MR) is 92.3 cm³/mol. The molecule has 2 atom stereocenters. The van der Waals surface area contributed by atoms with Crippen LogP contribution in [0.2, 0.25) is 0 Å². The molecule has 0 saturated carbocycles. The molecule has 0 saturated heterocycles. The van der Waals surface area contributed by atoms with E-state index in [1.807, 2.05) is 20.8 Å². The maximum absolute atomic E-state index is 12.1. The molecule has 0 aliphatic rings. The lowest BCUT2D eigenvalue weighted by atomic mass is 10.2. The van der Waals surface area contributed by atoms with Gasteiger partial charge in [-0.2, -0.15) is 0 Å². The van der Waals surface area contributed by atoms with Crippen LogP contribution in [0.3, 0.4) is 0 Å². The second-order valence-corrected chi connectivity index (χ2v) is 7.57. The molecule has 6 nitrogen and oxygen atoms in total. The van der Waals surface area contributed by atoms with Gasteiger partial charge in [0.25, 0.3) is 5.91 Å². The number of amides is 1. The lowest BCUT2D eigenvalue weighted by Gasteiger charge is -2.21. The van der Waals surface area contributed by atoms with Crippen molar-refractivity contribution in [1.82, 2.24) is 5.32 Å². The van der Waals surface area contributed by atoms with Crippen LogP contribution in [0.5, 0.6) is 5.75 Å². The fourth-order valence-corrected chi connectivity index (χ4v) is 2.36. The third-order valence-corrected chi connectivity index (χ3v) is 4.85. The summed E-state index contributed by atoms with van der Waals surface area (Å²) in [4.78, 5) is 12.1. The van der Waals surface area contributed by atoms with E-state index in [1.54, 1.807) is 24.3 Å². The zero-order valence-electron chi connectivity index (χ0n) is 14.4. The molecule has 0 bridgehead atoms. The molecular weight excluding hydrogens is 316 g/mol. The third kappa shape index (κ3) is 5.74. The molecule has 7 heteroatoms. The first-order valence-corrected chi connectivity index (χ1v) is 9.54. The van der Waals surface area contributed by atoms with Gasteiger partial charge >= 0.3 is 0 Å². The number of sulfonamides is 1. The summed E-state index contributed by atoms with van der Waals surface area (Å²) in [5.74, 6) is 0.390. The van der Waals surface area contributed by atoms with Gasteiger partial charge in [0.2, 0.25) is 10.0 Å². The molecule has 0 heterocycles. The van der Waals surface area contributed by atoms with Crippen LogP contribution in [0.15, 0.2) is 24.3 Å². The molecular formula is C16H26N2O4S. The molecule has 1 rings (SSSR count). The molecule has 1 N–H and O–H groups in total. The van der Waals surface area contributed by atoms with Crippen LogP contribution >= 0.6 is 0 Å². The van der Waals surface area contributed by atoms with Crippen molar-refractivity contribution >= 4 is 21.6 Å². The molecule has 23 heavy (non-hydrogen) atoms. The van der Waals surface area contributed by atoms with Crippen LogP contribution in [-0.4, -0.2) is 39.8 Å². The van der Waals surface area contributed by atoms with Gasteiger partial charge in [-0.05, 0) is 44.0 Å². The number of nitrogens with zero attached hydrogens (tertiary/aromatic N) is 1. The van der Waals surface area contributed by atoms with Crippen molar-refractivity contribution in [3.05, 3.63) is 24.3 Å². The molecule has 130 valence electrons. The van der Waals surface area contributed by atoms with Crippen molar-refractivity contribution in [3.63, 3.8) is 0 Å². The minimum atomic E-state index is -3.30. The summed E-state index contributed by atoms with van der Waals surface area (Å²) in [5.41, 5.74) is 0.539. The lowest BCUT2D eigenvalue weighted by Crippen LogP contribution is -2.42. The van der Waals surface area contributed by atoms with E-state index in [1.165, 1.54) is 11.4 Å². The van der Waals surface area contributed by atoms with E-state index in [0.717, 1.165) is 12.7 Å². The Hall–Kier alpha value is -1.76. The molecule has 1 aromatic rings. The quantitative estimate of drug-likeness (QED) is 0.785. The first-order chi connectivity index (χ1) is 10.7. The zero-order valence-corrected chi connectivity index (χ0v) is 15.2. The molecule has 1 aromatic carbocycles. The number of hydrogen-bond donors (Lipinski definition) is 1. The SMILES string of the molecule is CC[C@H](C)NC(=O)[C@@H](CC)Oc1ccc(N(C)S(C)(=O)=O)cc1. The molecule has 0 spiro atoms. The van der Waals surface area contributed by atoms with Crippen LogP contribution in [0.1, 0.15) is 33.6 Å². The summed E-state index contributed by atoms with van der Waals surface area (Å²) in [5, 5.41) is 2.90. The van der Waals surface area contributed by atoms with E-state index in [-0.39, 0.29) is 11.9 Å². The minimum absolute atomic E-state index is 0.103. The summed E-state index contributed by atoms with van der Waals surface area (Å²) < 4.78 is 29.9. The Bertz CT molecular complexity index is 613. The van der Waals surface area contributed by atoms with Crippen molar-refractivity contribution in [2.75, 3.05) is 17.6 Å². The third-order valence-electron chi connectivity index (χ3n) is 3.64. The smallest absolute Gasteiger partial charge is 0.261 e. The van der Waals surface area contributed by atoms with E-state index in [0.29, 0.717) is 17.9 Å². The Labute approximate surface area is 138 Å². The van der Waals surface area contributed by atoms with Gasteiger partial charge in [0, 0.05) is 13.1 Å². The van der Waals surface area contributed by atoms with Gasteiger partial charge in [0.05, 0.1) is 11.9 Å². The Morgan fingerprint density at radius 2 is 1.78 bits per heavy atom. The van der Waals surface area contributed by atoms with Crippen LogP contribution in [-0.2, 0) is 14.8 Å². The van der Waals surface area contributed by atoms with Gasteiger partial charge in [-0.3, -0.25) is 9.10 Å². The number of rotatable bonds is 8. The largest absolute Gasteiger partial charge is 0.481 e. The van der Waals surface area contributed by atoms with Crippen LogP contribution in [0, 0.1) is 0 Å². The van der Waals surface area contributed by atoms with Crippen molar-refractivity contribution in [3.8, 4) is 5.75 Å². The summed E-state index contributed by atoms with van der Waals surface area (Å²) in [6.07, 6.45) is 1.98. The zero-order chi connectivity index (χ0) is 17.6. The van der Waals surface area contributed by atoms with E-state index in [9.17, 15) is 13.2 Å². The first kappa shape index (κ1) is 19.3. The van der Waals surface area contributed by atoms with Gasteiger partial charge in [-0.15, -0.1) is 0 Å². The lowest BCUT2D eigenvalue weighted by molar-refractivity contribution is -0.128. The summed E-state index contributed by atoms with van der Waals surface area (Å²) in [6.45, 7) is 5.83. The summed E-state index contributed by atoms with van der Waals surface area (Å²) in [6, 6.07) is 6.73. The van der Waals surface area contributed by atoms with Crippen molar-refractivity contribution in [1.29, 1.82) is 0 Å². The van der Waals surface area contributed by atoms with Crippen molar-refractivity contribution < 1.29 is 17.9 Å². The number of anilines is 1. The maximum Gasteiger partial charge on any atom is 0.261 e. The average Bonchev–Trinajstić information content (AvgIpc) is 2.51. The minimum Gasteiger partial charge on any atom is -0.481 e. The van der Waals surface area contributed by atoms with Crippen molar-refractivity contribution in [2.24, 2.45) is 0 Å². The number of carbonyl (C=O) groups is 1. The molecule has 0 aliphatic heterocycles. The number of ether oxygens (including phenoxy) is 1. The van der Waals surface area contributed by atoms with Gasteiger partial charge < -0.3 is 10.1 Å². The number of benzene rings is 1. The normalized spacial score (nSPS) is 14.0. The Balaban J connectivity index is 2.78. The highest BCUT2D eigenvalue weighted by atomic mass is 32.2. The van der Waals surface area contributed by atoms with E-state index in [2.05, 4.69) is 5.32 Å². The molecule has 0 aliphatic carbocycles. The van der Waals surface area contributed by atoms with Gasteiger partial charge in [-0.25, -0.2) is 8.42 Å². The molecule has 0 aromatic heterocycles. The number of nitrogens with one attached hydrogen (secondary N) is 1. The number of carbonyl (C=O) groups excluding carboxylic acids is 1. The summed E-state index contributed by atoms with van der Waals surface area (Å²) >= 11 is 0. The summed E-state index contributed by atoms with van der Waals surface area (Å²) in [7, 11) is -1.81. The standard InChI is InChI=1S/C16H26N2O4S/c1-6-12(3)17-16(19)15(7-2)22-14-10-8-13(9-11-14)18(4)23(5,20)21/h8-12,15H,6-7H2,1-5H3,(H,17,19)/t12-,15+/m0/s1. The van der Waals surface area contributed by atoms with Gasteiger partial charge in [0.15, 0.2) is 6.10 Å². The maximum atomic E-state index is 12.1. The fraction of sp³-hybridized carbons (Fsp3) is 0.562. The molecule has 1 amide bonds. The van der Waals surface area contributed by atoms with Crippen LogP contribution in [0.25, 0.3) is 0 Å². The predicted octanol–water partition coefficient (Wildman–Crippen LogP) is 2.15. The second kappa shape index (κ2) is 8.19. The highest BCUT2D eigenvalue weighted by Crippen LogP contribution is 2.21. The molecule has 0 fully saturated rings. The highest BCUT2D eigenvalue weighted by Gasteiger charge is 2.20. The second-order valence-electron chi connectivity index (χ2n) is 5.56. The van der Waals surface area contributed by atoms with E-state index < -0.39 is 16.1 Å². The Morgan fingerprint density at radius 3 is 2.22 bits per heavy atom. The van der Waals surface area contributed by atoms with Crippen LogP contribution in [0.4, 0.5) is 5.69 Å². The first-order valence-electron chi connectivity index (χ1n) is 7.70. The van der Waals surface area contributed by atoms with E-state index >= 15 is 0 Å². The average molecular weight is 342 g/mol. The Kier molecular flexibility index (Phi) is 6.87. The fourth-order valence-electron chi connectivity index (χ4n) is 1.85. The monoisotopic (exact) mass is 342 g/mol. The van der Waals surface area contributed by atoms with E-state index in [4.69, 9.17) is 4.74 Å². The topological polar surface area (TPSA) is 75.7 Å². The molecule has 0 radical (unpaired) electrons. The van der Waals surface area contributed by atoms with Gasteiger partial charge in [0.1, 0.15) is 5.75 Å². The van der Waals surface area contributed by atoms with Gasteiger partial charge in [-0.1, -0.05) is 13.8 Å². The molecule has 0 unspecified atom stereocenters.